The van der Waals surface area contributed by atoms with Gasteiger partial charge in [0.2, 0.25) is 0 Å². The van der Waals surface area contributed by atoms with Gasteiger partial charge < -0.3 is 14.1 Å². The van der Waals surface area contributed by atoms with Gasteiger partial charge in [-0.05, 0) is 41.5 Å². The van der Waals surface area contributed by atoms with Crippen molar-refractivity contribution in [2.24, 2.45) is 0 Å². The predicted octanol–water partition coefficient (Wildman–Crippen LogP) is 10.2. The number of fused-ring (bicyclic) bond motifs is 10. The van der Waals surface area contributed by atoms with Gasteiger partial charge >= 0.3 is 0 Å². The van der Waals surface area contributed by atoms with E-state index >= 15 is 0 Å². The molecule has 0 spiro atoms. The highest BCUT2D eigenvalue weighted by Gasteiger charge is 2.20. The first-order valence-corrected chi connectivity index (χ1v) is 15.2. The molecule has 4 heterocycles. The standard InChI is InChI=1S/C41H27N3/c1-2-11-26(12-3-1)34-19-10-20-35(42-34)27-23-24-38-39(25-27)44-37-22-7-5-14-29(37)31-16-9-18-33(41(31)44)32-17-8-15-30-28-13-4-6-21-36(28)43(38)40(30)32/h1-25,34,42H. The fourth-order valence-electron chi connectivity index (χ4n) is 7.59. The Balaban J connectivity index is 1.40. The van der Waals surface area contributed by atoms with Crippen molar-refractivity contribution in [3.8, 4) is 0 Å². The van der Waals surface area contributed by atoms with Crippen LogP contribution in [0, 0.1) is 0 Å². The van der Waals surface area contributed by atoms with Crippen LogP contribution in [0.15, 0.2) is 152 Å². The average Bonchev–Trinajstić information content (AvgIpc) is 3.61. The first-order chi connectivity index (χ1) is 21.8. The molecular formula is C41H27N3. The topological polar surface area (TPSA) is 20.8 Å². The number of benzene rings is 6. The van der Waals surface area contributed by atoms with E-state index in [0.29, 0.717) is 0 Å². The molecule has 10 rings (SSSR count). The molecular weight excluding hydrogens is 534 g/mol. The zero-order valence-electron chi connectivity index (χ0n) is 23.9. The molecule has 1 aliphatic rings. The number of nitrogens with zero attached hydrogens (tertiary/aromatic N) is 2. The lowest BCUT2D eigenvalue weighted by atomic mass is 10.0. The Morgan fingerprint density at radius 3 is 1.66 bits per heavy atom. The van der Waals surface area contributed by atoms with Crippen molar-refractivity contribution in [3.05, 3.63) is 163 Å². The summed E-state index contributed by atoms with van der Waals surface area (Å²) in [4.78, 5) is 0. The molecule has 3 nitrogen and oxygen atoms in total. The quantitative estimate of drug-likeness (QED) is 0.223. The van der Waals surface area contributed by atoms with Gasteiger partial charge in [0, 0.05) is 38.0 Å². The normalized spacial score (nSPS) is 15.3. The van der Waals surface area contributed by atoms with Gasteiger partial charge in [-0.1, -0.05) is 121 Å². The Bertz CT molecular complexity index is 2690. The molecule has 1 aliphatic heterocycles. The molecule has 44 heavy (non-hydrogen) atoms. The van der Waals surface area contributed by atoms with Crippen LogP contribution in [-0.2, 0) is 0 Å². The Hall–Kier alpha value is -5.80. The van der Waals surface area contributed by atoms with Crippen molar-refractivity contribution in [2.75, 3.05) is 0 Å². The van der Waals surface area contributed by atoms with Crippen molar-refractivity contribution in [2.45, 2.75) is 6.04 Å². The van der Waals surface area contributed by atoms with Gasteiger partial charge in [-0.3, -0.25) is 0 Å². The van der Waals surface area contributed by atoms with Gasteiger partial charge in [-0.25, -0.2) is 0 Å². The average molecular weight is 562 g/mol. The van der Waals surface area contributed by atoms with Crippen LogP contribution in [0.4, 0.5) is 0 Å². The lowest BCUT2D eigenvalue weighted by Crippen LogP contribution is -2.20. The molecule has 0 saturated carbocycles. The lowest BCUT2D eigenvalue weighted by Gasteiger charge is -2.23. The van der Waals surface area contributed by atoms with Crippen LogP contribution in [0.3, 0.4) is 0 Å². The maximum absolute atomic E-state index is 3.81. The van der Waals surface area contributed by atoms with Crippen LogP contribution in [0.2, 0.25) is 0 Å². The summed E-state index contributed by atoms with van der Waals surface area (Å²) in [7, 11) is 0. The number of allylic oxidation sites excluding steroid dienone is 2. The Kier molecular flexibility index (Phi) is 4.77. The maximum Gasteiger partial charge on any atom is 0.0709 e. The fraction of sp³-hybridized carbons (Fsp3) is 0.0244. The van der Waals surface area contributed by atoms with Gasteiger partial charge in [0.15, 0.2) is 0 Å². The number of hydrogen-bond donors (Lipinski definition) is 1. The SMILES string of the molecule is C1=CC(c2ccccc2)NC(c2ccc3c(c2)n2c4ccccc4c4cccc(c5cccc6c7ccccc7n3c65)c42)=C1. The van der Waals surface area contributed by atoms with Crippen molar-refractivity contribution < 1.29 is 0 Å². The molecule has 3 aromatic heterocycles. The molecule has 0 bridgehead atoms. The first kappa shape index (κ1) is 23.7. The first-order valence-electron chi connectivity index (χ1n) is 15.2. The number of aromatic nitrogens is 2. The molecule has 1 atom stereocenters. The van der Waals surface area contributed by atoms with Crippen LogP contribution in [0.1, 0.15) is 17.2 Å². The second-order valence-electron chi connectivity index (χ2n) is 11.8. The molecule has 9 aromatic rings. The minimum Gasteiger partial charge on any atom is -0.374 e. The Morgan fingerprint density at radius 2 is 1.00 bits per heavy atom. The third kappa shape index (κ3) is 3.16. The summed E-state index contributed by atoms with van der Waals surface area (Å²) >= 11 is 0. The van der Waals surface area contributed by atoms with Gasteiger partial charge in [0.1, 0.15) is 0 Å². The van der Waals surface area contributed by atoms with E-state index in [4.69, 9.17) is 0 Å². The maximum atomic E-state index is 3.81. The molecule has 206 valence electrons. The molecule has 1 N–H and O–H groups in total. The summed E-state index contributed by atoms with van der Waals surface area (Å²) in [5.74, 6) is 0. The highest BCUT2D eigenvalue weighted by atomic mass is 15.0. The molecule has 3 heteroatoms. The second-order valence-corrected chi connectivity index (χ2v) is 11.8. The highest BCUT2D eigenvalue weighted by molar-refractivity contribution is 6.25. The number of para-hydroxylation sites is 4. The molecule has 0 radical (unpaired) electrons. The predicted molar refractivity (Wildman–Crippen MR) is 185 cm³/mol. The van der Waals surface area contributed by atoms with E-state index in [1.807, 2.05) is 0 Å². The van der Waals surface area contributed by atoms with Crippen LogP contribution in [0.5, 0.6) is 0 Å². The fourth-order valence-corrected chi connectivity index (χ4v) is 7.59. The van der Waals surface area contributed by atoms with E-state index in [2.05, 4.69) is 166 Å². The van der Waals surface area contributed by atoms with E-state index in [9.17, 15) is 0 Å². The third-order valence-corrected chi connectivity index (χ3v) is 9.48. The zero-order valence-corrected chi connectivity index (χ0v) is 23.9. The minimum atomic E-state index is 0.123. The Morgan fingerprint density at radius 1 is 0.455 bits per heavy atom. The summed E-state index contributed by atoms with van der Waals surface area (Å²) < 4.78 is 4.99. The highest BCUT2D eigenvalue weighted by Crippen LogP contribution is 2.41. The van der Waals surface area contributed by atoms with Gasteiger partial charge in [0.05, 0.1) is 39.1 Å². The monoisotopic (exact) mass is 561 g/mol. The molecule has 1 unspecified atom stereocenters. The van der Waals surface area contributed by atoms with Gasteiger partial charge in [0.25, 0.3) is 0 Å². The summed E-state index contributed by atoms with van der Waals surface area (Å²) in [5, 5.41) is 11.4. The second kappa shape index (κ2) is 8.85. The van der Waals surface area contributed by atoms with Crippen LogP contribution >= 0.6 is 0 Å². The summed E-state index contributed by atoms with van der Waals surface area (Å²) in [6.07, 6.45) is 6.60. The van der Waals surface area contributed by atoms with E-state index in [1.54, 1.807) is 0 Å². The number of nitrogens with one attached hydrogen (secondary N) is 1. The lowest BCUT2D eigenvalue weighted by molar-refractivity contribution is 0.764. The molecule has 6 aromatic carbocycles. The molecule has 0 saturated heterocycles. The summed E-state index contributed by atoms with van der Waals surface area (Å²) in [6, 6.07) is 49.0. The van der Waals surface area contributed by atoms with Crippen molar-refractivity contribution in [1.29, 1.82) is 0 Å². The molecule has 0 aliphatic carbocycles. The van der Waals surface area contributed by atoms with Gasteiger partial charge in [-0.15, -0.1) is 0 Å². The van der Waals surface area contributed by atoms with Gasteiger partial charge in [-0.2, -0.15) is 0 Å². The van der Waals surface area contributed by atoms with E-state index < -0.39 is 0 Å². The summed E-state index contributed by atoms with van der Waals surface area (Å²) in [5.41, 5.74) is 10.8. The molecule has 0 amide bonds. The van der Waals surface area contributed by atoms with E-state index in [0.717, 1.165) is 5.70 Å². The summed E-state index contributed by atoms with van der Waals surface area (Å²) in [6.45, 7) is 0. The van der Waals surface area contributed by atoms with Crippen molar-refractivity contribution in [1.82, 2.24) is 14.1 Å². The number of rotatable bonds is 2. The van der Waals surface area contributed by atoms with Crippen LogP contribution < -0.4 is 5.32 Å². The number of hydrogen-bond acceptors (Lipinski definition) is 1. The molecule has 0 fully saturated rings. The minimum absolute atomic E-state index is 0.123. The zero-order chi connectivity index (χ0) is 28.8. The Labute approximate surface area is 253 Å². The number of dihydropyridines is 1. The van der Waals surface area contributed by atoms with Crippen LogP contribution in [-0.4, -0.2) is 8.80 Å². The largest absolute Gasteiger partial charge is 0.374 e. The van der Waals surface area contributed by atoms with E-state index in [1.165, 1.54) is 76.5 Å². The third-order valence-electron chi connectivity index (χ3n) is 9.48. The van der Waals surface area contributed by atoms with Crippen molar-refractivity contribution >= 4 is 71.1 Å². The van der Waals surface area contributed by atoms with Crippen LogP contribution in [0.25, 0.3) is 71.1 Å². The smallest absolute Gasteiger partial charge is 0.0709 e. The van der Waals surface area contributed by atoms with Crippen molar-refractivity contribution in [3.63, 3.8) is 0 Å². The van der Waals surface area contributed by atoms with E-state index in [-0.39, 0.29) is 6.04 Å².